The van der Waals surface area contributed by atoms with E-state index in [9.17, 15) is 18.0 Å². The molecule has 0 saturated heterocycles. The van der Waals surface area contributed by atoms with Crippen LogP contribution in [0.5, 0.6) is 0 Å². The monoisotopic (exact) mass is 262 g/mol. The number of esters is 1. The normalized spacial score (nSPS) is 19.5. The zero-order chi connectivity index (χ0) is 13.5. The predicted molar refractivity (Wildman–Crippen MR) is 56.4 cm³/mol. The molecule has 100 valence electrons. The minimum absolute atomic E-state index is 0.0188. The highest BCUT2D eigenvalue weighted by molar-refractivity contribution is 5.88. The van der Waals surface area contributed by atoms with Gasteiger partial charge in [-0.25, -0.2) is 4.79 Å². The molecular formula is C12H13F3O3. The molecule has 2 rings (SSSR count). The van der Waals surface area contributed by atoms with E-state index in [4.69, 9.17) is 4.42 Å². The smallest absolute Gasteiger partial charge is 0.392 e. The summed E-state index contributed by atoms with van der Waals surface area (Å²) in [6, 6.07) is 0. The third-order valence-corrected chi connectivity index (χ3v) is 3.36. The summed E-state index contributed by atoms with van der Waals surface area (Å²) in [5.41, 5.74) is 1.31. The molecule has 0 aliphatic heterocycles. The van der Waals surface area contributed by atoms with Gasteiger partial charge < -0.3 is 9.15 Å². The van der Waals surface area contributed by atoms with E-state index in [-0.39, 0.29) is 30.8 Å². The lowest BCUT2D eigenvalue weighted by Crippen LogP contribution is -2.28. The molecular weight excluding hydrogens is 249 g/mol. The van der Waals surface area contributed by atoms with Gasteiger partial charge in [0.2, 0.25) is 5.76 Å². The molecule has 1 aromatic heterocycles. The zero-order valence-electron chi connectivity index (χ0n) is 10.1. The Morgan fingerprint density at radius 1 is 1.44 bits per heavy atom. The van der Waals surface area contributed by atoms with Gasteiger partial charge in [-0.15, -0.1) is 0 Å². The maximum Gasteiger partial charge on any atom is 0.392 e. The molecule has 0 N–H and O–H groups in total. The topological polar surface area (TPSA) is 39.4 Å². The Balaban J connectivity index is 2.32. The second-order valence-corrected chi connectivity index (χ2v) is 4.43. The number of alkyl halides is 3. The Morgan fingerprint density at radius 3 is 2.67 bits per heavy atom. The van der Waals surface area contributed by atoms with Crippen molar-refractivity contribution < 1.29 is 27.1 Å². The molecule has 6 heteroatoms. The van der Waals surface area contributed by atoms with Crippen molar-refractivity contribution in [1.29, 1.82) is 0 Å². The second-order valence-electron chi connectivity index (χ2n) is 4.43. The Bertz CT molecular complexity index is 474. The first-order valence-corrected chi connectivity index (χ1v) is 5.60. The summed E-state index contributed by atoms with van der Waals surface area (Å²) in [5.74, 6) is -1.75. The molecule has 1 atom stereocenters. The molecule has 0 amide bonds. The van der Waals surface area contributed by atoms with Crippen molar-refractivity contribution in [3.63, 3.8) is 0 Å². The van der Waals surface area contributed by atoms with E-state index < -0.39 is 18.1 Å². The average molecular weight is 262 g/mol. The second kappa shape index (κ2) is 4.33. The number of hydrogen-bond donors (Lipinski definition) is 0. The van der Waals surface area contributed by atoms with Crippen LogP contribution in [0.25, 0.3) is 0 Å². The number of hydrogen-bond acceptors (Lipinski definition) is 3. The van der Waals surface area contributed by atoms with Crippen LogP contribution in [0.4, 0.5) is 13.2 Å². The molecule has 1 unspecified atom stereocenters. The largest absolute Gasteiger partial charge is 0.463 e. The first-order valence-electron chi connectivity index (χ1n) is 5.60. The summed E-state index contributed by atoms with van der Waals surface area (Å²) in [6.45, 7) is 1.67. The number of ether oxygens (including phenoxy) is 1. The summed E-state index contributed by atoms with van der Waals surface area (Å²) in [4.78, 5) is 11.4. The van der Waals surface area contributed by atoms with Crippen LogP contribution in [0.15, 0.2) is 4.42 Å². The molecule has 0 fully saturated rings. The van der Waals surface area contributed by atoms with E-state index >= 15 is 0 Å². The Morgan fingerprint density at radius 2 is 2.11 bits per heavy atom. The van der Waals surface area contributed by atoms with E-state index in [2.05, 4.69) is 4.74 Å². The molecule has 0 bridgehead atoms. The van der Waals surface area contributed by atoms with Crippen molar-refractivity contribution in [2.24, 2.45) is 5.92 Å². The Hall–Kier alpha value is -1.46. The predicted octanol–water partition coefficient (Wildman–Crippen LogP) is 3.04. The third kappa shape index (κ3) is 2.11. The van der Waals surface area contributed by atoms with E-state index in [1.807, 2.05) is 0 Å². The molecule has 18 heavy (non-hydrogen) atoms. The number of rotatable bonds is 1. The average Bonchev–Trinajstić information content (AvgIpc) is 2.64. The molecule has 1 aliphatic carbocycles. The van der Waals surface area contributed by atoms with Crippen LogP contribution in [0, 0.1) is 12.8 Å². The first-order chi connectivity index (χ1) is 8.34. The quantitative estimate of drug-likeness (QED) is 0.730. The van der Waals surface area contributed by atoms with Gasteiger partial charge in [0.25, 0.3) is 0 Å². The number of furan rings is 1. The summed E-state index contributed by atoms with van der Waals surface area (Å²) in [6.07, 6.45) is -4.09. The number of carbonyl (C=O) groups excluding carboxylic acids is 1. The van der Waals surface area contributed by atoms with Crippen LogP contribution in [-0.2, 0) is 17.6 Å². The van der Waals surface area contributed by atoms with Crippen LogP contribution >= 0.6 is 0 Å². The molecule has 0 saturated carbocycles. The number of methoxy groups -OCH3 is 1. The number of carbonyl (C=O) groups is 1. The Kier molecular flexibility index (Phi) is 3.12. The van der Waals surface area contributed by atoms with Crippen molar-refractivity contribution in [2.75, 3.05) is 7.11 Å². The van der Waals surface area contributed by atoms with Gasteiger partial charge >= 0.3 is 12.1 Å². The highest BCUT2D eigenvalue weighted by Crippen LogP contribution is 2.39. The van der Waals surface area contributed by atoms with Gasteiger partial charge in [0.15, 0.2) is 0 Å². The zero-order valence-corrected chi connectivity index (χ0v) is 10.1. The molecule has 1 heterocycles. The first kappa shape index (κ1) is 13.0. The fraction of sp³-hybridized carbons (Fsp3) is 0.583. The number of halogens is 3. The maximum atomic E-state index is 12.6. The molecule has 3 nitrogen and oxygen atoms in total. The molecule has 1 aromatic rings. The van der Waals surface area contributed by atoms with E-state index in [0.717, 1.165) is 5.56 Å². The fourth-order valence-electron chi connectivity index (χ4n) is 2.31. The van der Waals surface area contributed by atoms with Gasteiger partial charge in [-0.05, 0) is 25.3 Å². The van der Waals surface area contributed by atoms with Crippen molar-refractivity contribution in [3.05, 3.63) is 22.6 Å². The SMILES string of the molecule is COC(=O)c1oc2c(c1C)CCC(C(F)(F)F)C2. The van der Waals surface area contributed by atoms with Crippen molar-refractivity contribution in [1.82, 2.24) is 0 Å². The van der Waals surface area contributed by atoms with E-state index in [1.54, 1.807) is 6.92 Å². The summed E-state index contributed by atoms with van der Waals surface area (Å²) < 4.78 is 47.7. The van der Waals surface area contributed by atoms with Crippen LogP contribution < -0.4 is 0 Å². The van der Waals surface area contributed by atoms with Gasteiger partial charge in [0.05, 0.1) is 13.0 Å². The lowest BCUT2D eigenvalue weighted by molar-refractivity contribution is -0.178. The maximum absolute atomic E-state index is 12.6. The highest BCUT2D eigenvalue weighted by atomic mass is 19.4. The minimum atomic E-state index is -4.22. The van der Waals surface area contributed by atoms with E-state index in [0.29, 0.717) is 5.56 Å². The van der Waals surface area contributed by atoms with Crippen LogP contribution in [0.3, 0.4) is 0 Å². The fourth-order valence-corrected chi connectivity index (χ4v) is 2.31. The summed E-state index contributed by atoms with van der Waals surface area (Å²) in [5, 5.41) is 0. The standard InChI is InChI=1S/C12H13F3O3/c1-6-8-4-3-7(12(13,14)15)5-9(8)18-10(6)11(16)17-2/h7H,3-5H2,1-2H3. The van der Waals surface area contributed by atoms with Gasteiger partial charge in [0, 0.05) is 12.0 Å². The molecule has 0 radical (unpaired) electrons. The number of fused-ring (bicyclic) bond motifs is 1. The third-order valence-electron chi connectivity index (χ3n) is 3.36. The highest BCUT2D eigenvalue weighted by Gasteiger charge is 2.43. The Labute approximate surface area is 102 Å². The van der Waals surface area contributed by atoms with Gasteiger partial charge in [-0.3, -0.25) is 0 Å². The minimum Gasteiger partial charge on any atom is -0.463 e. The lowest BCUT2D eigenvalue weighted by Gasteiger charge is -2.23. The van der Waals surface area contributed by atoms with Crippen molar-refractivity contribution in [2.45, 2.75) is 32.4 Å². The van der Waals surface area contributed by atoms with Crippen LogP contribution in [0.1, 0.15) is 33.9 Å². The van der Waals surface area contributed by atoms with E-state index in [1.165, 1.54) is 7.11 Å². The van der Waals surface area contributed by atoms with Gasteiger partial charge in [-0.1, -0.05) is 0 Å². The van der Waals surface area contributed by atoms with Crippen molar-refractivity contribution >= 4 is 5.97 Å². The van der Waals surface area contributed by atoms with Crippen molar-refractivity contribution in [3.8, 4) is 0 Å². The molecule has 1 aliphatic rings. The van der Waals surface area contributed by atoms with Crippen LogP contribution in [0.2, 0.25) is 0 Å². The van der Waals surface area contributed by atoms with Gasteiger partial charge in [-0.2, -0.15) is 13.2 Å². The lowest BCUT2D eigenvalue weighted by atomic mass is 9.86. The summed E-state index contributed by atoms with van der Waals surface area (Å²) in [7, 11) is 1.21. The molecule has 0 aromatic carbocycles. The molecule has 0 spiro atoms. The van der Waals surface area contributed by atoms with Crippen LogP contribution in [-0.4, -0.2) is 19.3 Å². The summed E-state index contributed by atoms with van der Waals surface area (Å²) >= 11 is 0. The van der Waals surface area contributed by atoms with Gasteiger partial charge in [0.1, 0.15) is 5.76 Å².